The van der Waals surface area contributed by atoms with Gasteiger partial charge < -0.3 is 70.1 Å². The molecular formula is C69H126N12O14. The van der Waals surface area contributed by atoms with Gasteiger partial charge in [-0.1, -0.05) is 103 Å². The number of aliphatic hydroxyl groups excluding tert-OH is 1. The maximum atomic E-state index is 15.3. The molecule has 2 heterocycles. The first-order chi connectivity index (χ1) is 44.2. The smallest absolute Gasteiger partial charge is 0.246 e. The molecule has 2 aliphatic heterocycles. The second kappa shape index (κ2) is 40.0. The third kappa shape index (κ3) is 24.2. The number of morpholine rings is 1. The number of carbonyl (C=O) groups is 11. The fourth-order valence-electron chi connectivity index (χ4n) is 12.5. The molecule has 0 aromatic heterocycles. The summed E-state index contributed by atoms with van der Waals surface area (Å²) >= 11 is 0. The van der Waals surface area contributed by atoms with E-state index in [4.69, 9.17) is 9.47 Å². The molecule has 5 N–H and O–H groups in total. The summed E-state index contributed by atoms with van der Waals surface area (Å²) < 4.78 is 11.9. The second-order valence-corrected chi connectivity index (χ2v) is 28.8. The van der Waals surface area contributed by atoms with Gasteiger partial charge in [-0.25, -0.2) is 0 Å². The van der Waals surface area contributed by atoms with Crippen molar-refractivity contribution in [3.8, 4) is 0 Å². The molecule has 2 saturated heterocycles. The highest BCUT2D eigenvalue weighted by atomic mass is 16.5. The molecule has 0 spiro atoms. The van der Waals surface area contributed by atoms with Gasteiger partial charge in [0.25, 0.3) is 0 Å². The lowest BCUT2D eigenvalue weighted by atomic mass is 9.90. The molecule has 26 heteroatoms. The fraction of sp³-hybridized carbons (Fsp3) is 0.841. The number of ether oxygens (including phenoxy) is 2. The first-order valence-corrected chi connectivity index (χ1v) is 34.9. The van der Waals surface area contributed by atoms with Gasteiger partial charge in [-0.05, 0) is 115 Å². The molecule has 2 aliphatic rings. The monoisotopic (exact) mass is 1350 g/mol. The predicted octanol–water partition coefficient (Wildman–Crippen LogP) is 3.35. The average molecular weight is 1350 g/mol. The van der Waals surface area contributed by atoms with Crippen LogP contribution >= 0.6 is 0 Å². The maximum Gasteiger partial charge on any atom is 0.246 e. The number of carbonyl (C=O) groups excluding carboxylic acids is 11. The highest BCUT2D eigenvalue weighted by Gasteiger charge is 2.46. The summed E-state index contributed by atoms with van der Waals surface area (Å²) in [6.07, 6.45) is 1.30. The van der Waals surface area contributed by atoms with Crippen molar-refractivity contribution < 1.29 is 67.3 Å². The van der Waals surface area contributed by atoms with Crippen LogP contribution in [-0.2, 0) is 62.2 Å². The topological polar surface area (TPSA) is 300 Å². The Bertz CT molecular complexity index is 2530. The molecule has 26 nitrogen and oxygen atoms in total. The zero-order valence-electron chi connectivity index (χ0n) is 62.4. The third-order valence-corrected chi connectivity index (χ3v) is 18.9. The fourth-order valence-corrected chi connectivity index (χ4v) is 12.5. The van der Waals surface area contributed by atoms with Crippen molar-refractivity contribution in [1.29, 1.82) is 0 Å². The van der Waals surface area contributed by atoms with E-state index >= 15 is 24.0 Å². The van der Waals surface area contributed by atoms with E-state index in [0.717, 1.165) is 42.3 Å². The summed E-state index contributed by atoms with van der Waals surface area (Å²) in [5.74, 6) is -9.84. The molecule has 0 bridgehead atoms. The number of hydrogen-bond acceptors (Lipinski definition) is 15. The Morgan fingerprint density at radius 3 is 1.45 bits per heavy atom. The molecule has 11 amide bonds. The van der Waals surface area contributed by atoms with Crippen LogP contribution in [0.3, 0.4) is 0 Å². The molecule has 0 aromatic carbocycles. The van der Waals surface area contributed by atoms with Gasteiger partial charge in [0.1, 0.15) is 66.5 Å². The largest absolute Gasteiger partial charge is 0.390 e. The predicted molar refractivity (Wildman–Crippen MR) is 366 cm³/mol. The lowest BCUT2D eigenvalue weighted by Gasteiger charge is -2.41. The number of nitrogens with zero attached hydrogens (tertiary/aromatic N) is 8. The van der Waals surface area contributed by atoms with Gasteiger partial charge in [0.15, 0.2) is 0 Å². The Kier molecular flexibility index (Phi) is 35.9. The van der Waals surface area contributed by atoms with Crippen LogP contribution in [0, 0.1) is 35.5 Å². The molecule has 0 saturated carbocycles. The zero-order valence-corrected chi connectivity index (χ0v) is 62.4. The number of rotatable bonds is 21. The van der Waals surface area contributed by atoms with Crippen molar-refractivity contribution in [2.75, 3.05) is 88.8 Å². The van der Waals surface area contributed by atoms with Crippen molar-refractivity contribution in [1.82, 2.24) is 60.5 Å². The van der Waals surface area contributed by atoms with E-state index in [0.29, 0.717) is 32.5 Å². The summed E-state index contributed by atoms with van der Waals surface area (Å²) in [4.78, 5) is 174. The van der Waals surface area contributed by atoms with E-state index in [2.05, 4.69) is 26.2 Å². The quantitative estimate of drug-likeness (QED) is 0.103. The van der Waals surface area contributed by atoms with Gasteiger partial charge in [0.2, 0.25) is 65.0 Å². The van der Waals surface area contributed by atoms with Crippen LogP contribution in [0.5, 0.6) is 0 Å². The lowest BCUT2D eigenvalue weighted by Crippen LogP contribution is -2.64. The molecule has 95 heavy (non-hydrogen) atoms. The van der Waals surface area contributed by atoms with Crippen LogP contribution in [0.1, 0.15) is 175 Å². The standard InChI is InChI=1S/C69H126N12O14/c1-25-27-30-45(13)58(82)57-62(86)72-50(26-2)65(89)74(18)48(16)64(88)79(23)56(49(17)95-34-29-28-31-81-32-35-94-36-33-81)61(85)73-54(43(9)10)68(92)75(19)51(37-40(3)4)60(84)70-46(14)59(83)71-47(15)63(87)76(20)52(38-41(5)6)66(90)77(21)53(39-42(7)8)67(91)78(22)55(44(11)12)69(93)80(57)24/h40-58,82H,25-39H2,1-24H3,(H,70,84)(H,71,83)(H,72,86)(H,73,85)/t45-,46+,47-,48-,49-,50+,51+,52+,53+,54+,55+,56+,57+,58-/m1/s1. The van der Waals surface area contributed by atoms with Crippen molar-refractivity contribution >= 4 is 65.0 Å². The maximum absolute atomic E-state index is 15.3. The molecule has 2 fully saturated rings. The normalized spacial score (nSPS) is 27.5. The molecule has 0 unspecified atom stereocenters. The highest BCUT2D eigenvalue weighted by Crippen LogP contribution is 2.26. The number of likely N-dealkylation sites (N-methyl/N-ethyl adjacent to an activating group) is 7. The Labute approximate surface area is 569 Å². The second-order valence-electron chi connectivity index (χ2n) is 28.8. The molecule has 546 valence electrons. The Morgan fingerprint density at radius 2 is 0.947 bits per heavy atom. The molecule has 2 rings (SSSR count). The highest BCUT2D eigenvalue weighted by molar-refractivity contribution is 6.00. The van der Waals surface area contributed by atoms with Gasteiger partial charge in [-0.15, -0.1) is 0 Å². The van der Waals surface area contributed by atoms with Crippen molar-refractivity contribution in [2.24, 2.45) is 35.5 Å². The van der Waals surface area contributed by atoms with E-state index < -0.39 is 161 Å². The third-order valence-electron chi connectivity index (χ3n) is 18.9. The number of amides is 11. The minimum atomic E-state index is -1.61. The number of hydrogen-bond donors (Lipinski definition) is 5. The SMILES string of the molecule is CCCC[C@@H](C)[C@@H](O)[C@H]1C(=O)N[C@@H](CC)C(=O)N(C)[C@H](C)C(=O)N(C)[C@@H]([C@@H](C)OCCCCN2CCOCC2)C(=O)N[C@@H](C(C)C)C(=O)N(C)[C@@H](CC(C)C)C(=O)N[C@@H](C)C(=O)N[C@H](C)C(=O)N(C)[C@@H](CC(C)C)C(=O)N(C)[C@@H](CC(C)C)C(=O)N(C)[C@@H](C(C)C)C(=O)N1C. The molecule has 0 aliphatic carbocycles. The summed E-state index contributed by atoms with van der Waals surface area (Å²) in [5.41, 5.74) is 0. The number of nitrogens with one attached hydrogen (secondary N) is 4. The van der Waals surface area contributed by atoms with E-state index in [1.165, 1.54) is 94.6 Å². The van der Waals surface area contributed by atoms with Gasteiger partial charge in [0.05, 0.1) is 25.4 Å². The van der Waals surface area contributed by atoms with Gasteiger partial charge >= 0.3 is 0 Å². The molecular weight excluding hydrogens is 1220 g/mol. The zero-order chi connectivity index (χ0) is 72.8. The summed E-state index contributed by atoms with van der Waals surface area (Å²) in [5, 5.41) is 23.4. The van der Waals surface area contributed by atoms with Crippen LogP contribution in [0.2, 0.25) is 0 Å². The first-order valence-electron chi connectivity index (χ1n) is 34.9. The van der Waals surface area contributed by atoms with E-state index in [1.54, 1.807) is 48.5 Å². The van der Waals surface area contributed by atoms with Crippen molar-refractivity contribution in [3.63, 3.8) is 0 Å². The summed E-state index contributed by atoms with van der Waals surface area (Å²) in [6.45, 7) is 33.5. The summed E-state index contributed by atoms with van der Waals surface area (Å²) in [6, 6.07) is -14.1. The van der Waals surface area contributed by atoms with Crippen LogP contribution in [-0.4, -0.2) is 277 Å². The summed E-state index contributed by atoms with van der Waals surface area (Å²) in [7, 11) is 9.95. The van der Waals surface area contributed by atoms with E-state index in [1.807, 2.05) is 48.5 Å². The van der Waals surface area contributed by atoms with Crippen molar-refractivity contribution in [3.05, 3.63) is 0 Å². The van der Waals surface area contributed by atoms with Gasteiger partial charge in [0, 0.05) is 69.0 Å². The number of aliphatic hydroxyl groups is 1. The van der Waals surface area contributed by atoms with Gasteiger partial charge in [-0.2, -0.15) is 0 Å². The van der Waals surface area contributed by atoms with Crippen LogP contribution < -0.4 is 21.3 Å². The van der Waals surface area contributed by atoms with Crippen molar-refractivity contribution in [2.45, 2.75) is 254 Å². The molecule has 0 radical (unpaired) electrons. The Balaban J connectivity index is 3.00. The van der Waals surface area contributed by atoms with Gasteiger partial charge in [-0.3, -0.25) is 57.6 Å². The van der Waals surface area contributed by atoms with E-state index in [-0.39, 0.29) is 50.0 Å². The lowest BCUT2D eigenvalue weighted by molar-refractivity contribution is -0.157. The average Bonchev–Trinajstić information content (AvgIpc) is 0.815. The minimum Gasteiger partial charge on any atom is -0.390 e. The number of unbranched alkanes of at least 4 members (excludes halogenated alkanes) is 2. The molecule has 0 aromatic rings. The Hall–Kier alpha value is -5.99. The minimum absolute atomic E-state index is 0.00208. The van der Waals surface area contributed by atoms with E-state index in [9.17, 15) is 33.9 Å². The van der Waals surface area contributed by atoms with Crippen LogP contribution in [0.25, 0.3) is 0 Å². The van der Waals surface area contributed by atoms with Crippen LogP contribution in [0.15, 0.2) is 0 Å². The molecule has 14 atom stereocenters. The first kappa shape index (κ1) is 85.1. The van der Waals surface area contributed by atoms with Crippen LogP contribution in [0.4, 0.5) is 0 Å². The Morgan fingerprint density at radius 1 is 0.474 bits per heavy atom.